The van der Waals surface area contributed by atoms with Crippen LogP contribution in [0.4, 0.5) is 0 Å². The topological polar surface area (TPSA) is 30.0 Å². The van der Waals surface area contributed by atoms with Gasteiger partial charge in [0, 0.05) is 12.1 Å². The molecule has 2 heteroatoms. The monoisotopic (exact) mass is 175 g/mol. The molecule has 0 amide bonds. The third-order valence-corrected chi connectivity index (χ3v) is 1.75. The molecule has 1 aromatic rings. The van der Waals surface area contributed by atoms with Crippen molar-refractivity contribution in [3.8, 4) is 0 Å². The van der Waals surface area contributed by atoms with Gasteiger partial charge in [0.05, 0.1) is 0 Å². The first kappa shape index (κ1) is 9.65. The van der Waals surface area contributed by atoms with Gasteiger partial charge in [-0.2, -0.15) is 0 Å². The zero-order valence-electron chi connectivity index (χ0n) is 7.79. The first-order valence-corrected chi connectivity index (χ1v) is 4.32. The molecule has 68 valence electrons. The summed E-state index contributed by atoms with van der Waals surface area (Å²) in [6, 6.07) is 5.48. The zero-order chi connectivity index (χ0) is 9.68. The average molecular weight is 175 g/mol. The van der Waals surface area contributed by atoms with Crippen LogP contribution in [0.5, 0.6) is 0 Å². The molecule has 0 spiro atoms. The number of hydrogen-bond acceptors (Lipinski definition) is 2. The fourth-order valence-electron chi connectivity index (χ4n) is 1.06. The first-order chi connectivity index (χ1) is 6.24. The Bertz CT molecular complexity index is 318. The van der Waals surface area contributed by atoms with Crippen LogP contribution < -0.4 is 0 Å². The third-order valence-electron chi connectivity index (χ3n) is 1.75. The number of aromatic nitrogens is 1. The van der Waals surface area contributed by atoms with Gasteiger partial charge in [-0.25, -0.2) is 0 Å². The van der Waals surface area contributed by atoms with Crippen molar-refractivity contribution in [2.24, 2.45) is 0 Å². The molecular weight excluding hydrogens is 162 g/mol. The summed E-state index contributed by atoms with van der Waals surface area (Å²) in [5, 5.41) is 0. The van der Waals surface area contributed by atoms with E-state index in [0.29, 0.717) is 18.5 Å². The Morgan fingerprint density at radius 1 is 1.62 bits per heavy atom. The van der Waals surface area contributed by atoms with E-state index < -0.39 is 0 Å². The molecule has 1 rings (SSSR count). The summed E-state index contributed by atoms with van der Waals surface area (Å²) < 4.78 is 0. The van der Waals surface area contributed by atoms with Gasteiger partial charge in [-0.05, 0) is 25.5 Å². The van der Waals surface area contributed by atoms with Gasteiger partial charge in [0.2, 0.25) is 0 Å². The van der Waals surface area contributed by atoms with Gasteiger partial charge in [-0.15, -0.1) is 6.58 Å². The number of Topliss-reactive ketones (excluding diaryl/α,β-unsaturated/α-hetero) is 1. The van der Waals surface area contributed by atoms with Gasteiger partial charge in [0.15, 0.2) is 5.78 Å². The van der Waals surface area contributed by atoms with E-state index in [9.17, 15) is 4.79 Å². The molecule has 2 nitrogen and oxygen atoms in total. The highest BCUT2D eigenvalue weighted by atomic mass is 16.1. The van der Waals surface area contributed by atoms with Gasteiger partial charge in [-0.3, -0.25) is 9.78 Å². The maximum Gasteiger partial charge on any atom is 0.181 e. The Labute approximate surface area is 78.3 Å². The molecule has 0 saturated heterocycles. The van der Waals surface area contributed by atoms with Gasteiger partial charge in [0.25, 0.3) is 0 Å². The summed E-state index contributed by atoms with van der Waals surface area (Å²) in [6.07, 6.45) is 2.96. The zero-order valence-corrected chi connectivity index (χ0v) is 7.79. The van der Waals surface area contributed by atoms with E-state index in [0.717, 1.165) is 5.69 Å². The Morgan fingerprint density at radius 2 is 2.38 bits per heavy atom. The summed E-state index contributed by atoms with van der Waals surface area (Å²) in [7, 11) is 0. The minimum Gasteiger partial charge on any atom is -0.292 e. The van der Waals surface area contributed by atoms with Crippen molar-refractivity contribution in [2.45, 2.75) is 19.8 Å². The predicted molar refractivity (Wildman–Crippen MR) is 52.7 cm³/mol. The largest absolute Gasteiger partial charge is 0.292 e. The number of pyridine rings is 1. The van der Waals surface area contributed by atoms with Crippen LogP contribution in [0.15, 0.2) is 30.9 Å². The number of carbonyl (C=O) groups excluding carboxylic acids is 1. The normalized spacial score (nSPS) is 9.62. The first-order valence-electron chi connectivity index (χ1n) is 4.32. The van der Waals surface area contributed by atoms with Crippen molar-refractivity contribution in [2.75, 3.05) is 0 Å². The highest BCUT2D eigenvalue weighted by Gasteiger charge is 2.05. The fraction of sp³-hybridized carbons (Fsp3) is 0.273. The van der Waals surface area contributed by atoms with Gasteiger partial charge < -0.3 is 0 Å². The average Bonchev–Trinajstić information content (AvgIpc) is 2.14. The van der Waals surface area contributed by atoms with Crippen LogP contribution in [0.2, 0.25) is 0 Å². The maximum absolute atomic E-state index is 11.4. The summed E-state index contributed by atoms with van der Waals surface area (Å²) in [5.41, 5.74) is 1.44. The molecule has 0 aliphatic carbocycles. The van der Waals surface area contributed by atoms with Crippen LogP contribution >= 0.6 is 0 Å². The van der Waals surface area contributed by atoms with Crippen molar-refractivity contribution in [1.29, 1.82) is 0 Å². The van der Waals surface area contributed by atoms with Crippen molar-refractivity contribution in [3.63, 3.8) is 0 Å². The van der Waals surface area contributed by atoms with Crippen molar-refractivity contribution >= 4 is 5.78 Å². The SMILES string of the molecule is C=CCCC(=O)c1cccc(C)n1. The van der Waals surface area contributed by atoms with Crippen LogP contribution in [0.1, 0.15) is 29.0 Å². The van der Waals surface area contributed by atoms with Gasteiger partial charge in [-0.1, -0.05) is 12.1 Å². The minimum atomic E-state index is 0.0867. The van der Waals surface area contributed by atoms with E-state index in [4.69, 9.17) is 0 Å². The Balaban J connectivity index is 2.71. The van der Waals surface area contributed by atoms with E-state index >= 15 is 0 Å². The lowest BCUT2D eigenvalue weighted by Gasteiger charge is -1.98. The van der Waals surface area contributed by atoms with Gasteiger partial charge in [0.1, 0.15) is 5.69 Å². The number of hydrogen-bond donors (Lipinski definition) is 0. The van der Waals surface area contributed by atoms with Crippen LogP contribution in [-0.2, 0) is 0 Å². The third kappa shape index (κ3) is 2.82. The molecule has 13 heavy (non-hydrogen) atoms. The van der Waals surface area contributed by atoms with Crippen molar-refractivity contribution in [3.05, 3.63) is 42.2 Å². The lowest BCUT2D eigenvalue weighted by molar-refractivity contribution is 0.0978. The number of rotatable bonds is 4. The molecule has 0 fully saturated rings. The molecule has 1 heterocycles. The number of aryl methyl sites for hydroxylation is 1. The Kier molecular flexibility index (Phi) is 3.38. The Hall–Kier alpha value is -1.44. The van der Waals surface area contributed by atoms with Crippen molar-refractivity contribution < 1.29 is 4.79 Å². The molecular formula is C11H13NO. The molecule has 0 N–H and O–H groups in total. The number of nitrogens with zero attached hydrogens (tertiary/aromatic N) is 1. The summed E-state index contributed by atoms with van der Waals surface area (Å²) in [6.45, 7) is 5.45. The molecule has 0 aliphatic heterocycles. The molecule has 0 unspecified atom stereocenters. The molecule has 0 aromatic carbocycles. The maximum atomic E-state index is 11.4. The second-order valence-corrected chi connectivity index (χ2v) is 2.91. The molecule has 0 saturated carbocycles. The van der Waals surface area contributed by atoms with Crippen molar-refractivity contribution in [1.82, 2.24) is 4.98 Å². The predicted octanol–water partition coefficient (Wildman–Crippen LogP) is 2.54. The van der Waals surface area contributed by atoms with E-state index in [2.05, 4.69) is 11.6 Å². The molecule has 0 radical (unpaired) electrons. The molecule has 0 atom stereocenters. The van der Waals surface area contributed by atoms with E-state index in [-0.39, 0.29) is 5.78 Å². The molecule has 0 aliphatic rings. The number of allylic oxidation sites excluding steroid dienone is 1. The number of carbonyl (C=O) groups is 1. The molecule has 1 aromatic heterocycles. The van der Waals surface area contributed by atoms with E-state index in [1.807, 2.05) is 19.1 Å². The molecule has 0 bridgehead atoms. The van der Waals surface area contributed by atoms with E-state index in [1.54, 1.807) is 12.1 Å². The smallest absolute Gasteiger partial charge is 0.181 e. The number of ketones is 1. The van der Waals surface area contributed by atoms with Crippen LogP contribution in [-0.4, -0.2) is 10.8 Å². The highest BCUT2D eigenvalue weighted by molar-refractivity contribution is 5.94. The van der Waals surface area contributed by atoms with Crippen LogP contribution in [0.25, 0.3) is 0 Å². The van der Waals surface area contributed by atoms with Crippen LogP contribution in [0, 0.1) is 6.92 Å². The minimum absolute atomic E-state index is 0.0867. The second-order valence-electron chi connectivity index (χ2n) is 2.91. The summed E-state index contributed by atoms with van der Waals surface area (Å²) in [4.78, 5) is 15.6. The Morgan fingerprint density at radius 3 is 3.00 bits per heavy atom. The summed E-state index contributed by atoms with van der Waals surface area (Å²) >= 11 is 0. The van der Waals surface area contributed by atoms with E-state index in [1.165, 1.54) is 0 Å². The lowest BCUT2D eigenvalue weighted by Crippen LogP contribution is -2.01. The summed E-state index contributed by atoms with van der Waals surface area (Å²) in [5.74, 6) is 0.0867. The lowest BCUT2D eigenvalue weighted by atomic mass is 10.1. The quantitative estimate of drug-likeness (QED) is 0.520. The highest BCUT2D eigenvalue weighted by Crippen LogP contribution is 2.03. The fourth-order valence-corrected chi connectivity index (χ4v) is 1.06. The van der Waals surface area contributed by atoms with Gasteiger partial charge >= 0.3 is 0 Å². The second kappa shape index (κ2) is 4.55. The van der Waals surface area contributed by atoms with Crippen LogP contribution in [0.3, 0.4) is 0 Å². The standard InChI is InChI=1S/C11H13NO/c1-3-4-8-11(13)10-7-5-6-9(2)12-10/h3,5-7H,1,4,8H2,2H3.